The van der Waals surface area contributed by atoms with E-state index >= 15 is 0 Å². The molecular weight excluding hydrogens is 360 g/mol. The van der Waals surface area contributed by atoms with Crippen molar-refractivity contribution in [1.82, 2.24) is 15.2 Å². The molecular formula is C20H34N4O2S. The van der Waals surface area contributed by atoms with Crippen LogP contribution in [0.5, 0.6) is 0 Å². The van der Waals surface area contributed by atoms with Gasteiger partial charge in [0.25, 0.3) is 0 Å². The molecule has 6 nitrogen and oxygen atoms in total. The second-order valence-electron chi connectivity index (χ2n) is 9.10. The second kappa shape index (κ2) is 8.35. The first-order valence-electron chi connectivity index (χ1n) is 10.2. The normalized spacial score (nSPS) is 25.8. The monoisotopic (exact) mass is 394 g/mol. The van der Waals surface area contributed by atoms with Crippen LogP contribution in [0, 0.1) is 5.92 Å². The molecule has 0 aromatic carbocycles. The van der Waals surface area contributed by atoms with Gasteiger partial charge in [-0.3, -0.25) is 0 Å². The van der Waals surface area contributed by atoms with Gasteiger partial charge in [0.05, 0.1) is 5.69 Å². The summed E-state index contributed by atoms with van der Waals surface area (Å²) in [6, 6.07) is 0.706. The number of fused-ring (bicyclic) bond motifs is 1. The van der Waals surface area contributed by atoms with Gasteiger partial charge in [-0.1, -0.05) is 0 Å². The van der Waals surface area contributed by atoms with E-state index in [2.05, 4.69) is 10.3 Å². The number of anilines is 1. The molecule has 152 valence electrons. The maximum atomic E-state index is 11.7. The van der Waals surface area contributed by atoms with E-state index in [9.17, 15) is 9.90 Å². The second-order valence-corrected chi connectivity index (χ2v) is 10.2. The number of carbonyl (C=O) groups is 1. The summed E-state index contributed by atoms with van der Waals surface area (Å²) in [7, 11) is 0. The molecule has 7 heteroatoms. The Morgan fingerprint density at radius 1 is 1.30 bits per heavy atom. The Balaban J connectivity index is 1.39. The number of nitrogen functional groups attached to an aromatic ring is 1. The lowest BCUT2D eigenvalue weighted by atomic mass is 9.82. The molecule has 1 heterocycles. The summed E-state index contributed by atoms with van der Waals surface area (Å²) in [5.74, 6) is 0.711. The van der Waals surface area contributed by atoms with Crippen LogP contribution in [-0.2, 0) is 12.8 Å². The van der Waals surface area contributed by atoms with Gasteiger partial charge >= 0.3 is 6.09 Å². The molecule has 1 amide bonds. The summed E-state index contributed by atoms with van der Waals surface area (Å²) in [6.45, 7) is 7.02. The maximum Gasteiger partial charge on any atom is 0.407 e. The van der Waals surface area contributed by atoms with Gasteiger partial charge in [-0.2, -0.15) is 0 Å². The molecule has 1 atom stereocenters. The number of carboxylic acid groups (broad SMARTS) is 1. The zero-order valence-corrected chi connectivity index (χ0v) is 17.6. The van der Waals surface area contributed by atoms with Crippen LogP contribution in [0.2, 0.25) is 0 Å². The van der Waals surface area contributed by atoms with Crippen molar-refractivity contribution in [1.29, 1.82) is 0 Å². The van der Waals surface area contributed by atoms with Crippen molar-refractivity contribution in [2.24, 2.45) is 5.92 Å². The number of hydrogen-bond acceptors (Lipinski definition) is 5. The molecule has 0 spiro atoms. The molecule has 0 aliphatic heterocycles. The first-order valence-corrected chi connectivity index (χ1v) is 11.1. The van der Waals surface area contributed by atoms with Gasteiger partial charge in [0.1, 0.15) is 0 Å². The Bertz CT molecular complexity index is 647. The van der Waals surface area contributed by atoms with E-state index in [1.54, 1.807) is 16.2 Å². The van der Waals surface area contributed by atoms with Gasteiger partial charge in [0, 0.05) is 22.5 Å². The van der Waals surface area contributed by atoms with Crippen molar-refractivity contribution in [2.45, 2.75) is 89.8 Å². The van der Waals surface area contributed by atoms with Gasteiger partial charge in [-0.05, 0) is 84.6 Å². The number of rotatable bonds is 5. The topological polar surface area (TPSA) is 91.5 Å². The highest BCUT2D eigenvalue weighted by Crippen LogP contribution is 2.33. The number of thiazole rings is 1. The lowest BCUT2D eigenvalue weighted by Crippen LogP contribution is -2.52. The van der Waals surface area contributed by atoms with Crippen LogP contribution in [0.3, 0.4) is 0 Å². The molecule has 1 saturated carbocycles. The number of amides is 1. The number of nitrogens with one attached hydrogen (secondary N) is 1. The molecule has 27 heavy (non-hydrogen) atoms. The minimum atomic E-state index is -0.784. The standard InChI is InChI=1S/C20H34N4O2S/c1-20(2,3)24(19(25)26)15-7-4-13(5-8-15)10-11-22-14-6-9-16-17(12-14)27-18(21)23-16/h13-15,22H,4-12H2,1-3H3,(H2,21,23)(H,25,26)/t13?,14-,15?/m0/s1. The van der Waals surface area contributed by atoms with Crippen LogP contribution < -0.4 is 11.1 Å². The van der Waals surface area contributed by atoms with Gasteiger partial charge in [-0.25, -0.2) is 9.78 Å². The van der Waals surface area contributed by atoms with Crippen LogP contribution in [-0.4, -0.2) is 45.3 Å². The molecule has 0 radical (unpaired) electrons. The van der Waals surface area contributed by atoms with E-state index in [0.717, 1.165) is 51.5 Å². The summed E-state index contributed by atoms with van der Waals surface area (Å²) in [5, 5.41) is 14.0. The fraction of sp³-hybridized carbons (Fsp3) is 0.800. The zero-order valence-electron chi connectivity index (χ0n) is 16.8. The van der Waals surface area contributed by atoms with Gasteiger partial charge in [-0.15, -0.1) is 11.3 Å². The molecule has 0 bridgehead atoms. The molecule has 1 aromatic heterocycles. The van der Waals surface area contributed by atoms with E-state index in [1.807, 2.05) is 20.8 Å². The summed E-state index contributed by atoms with van der Waals surface area (Å²) >= 11 is 1.64. The molecule has 0 unspecified atom stereocenters. The highest BCUT2D eigenvalue weighted by molar-refractivity contribution is 7.15. The first-order chi connectivity index (χ1) is 12.7. The number of hydrogen-bond donors (Lipinski definition) is 3. The smallest absolute Gasteiger partial charge is 0.407 e. The van der Waals surface area contributed by atoms with Gasteiger partial charge in [0.2, 0.25) is 0 Å². The van der Waals surface area contributed by atoms with E-state index in [-0.39, 0.29) is 11.6 Å². The summed E-state index contributed by atoms with van der Waals surface area (Å²) < 4.78 is 0. The third-order valence-electron chi connectivity index (χ3n) is 6.05. The van der Waals surface area contributed by atoms with Crippen molar-refractivity contribution in [3.05, 3.63) is 10.6 Å². The Labute approximate surface area is 166 Å². The van der Waals surface area contributed by atoms with Gasteiger partial charge < -0.3 is 21.1 Å². The fourth-order valence-electron chi connectivity index (χ4n) is 4.74. The third-order valence-corrected chi connectivity index (χ3v) is 7.00. The van der Waals surface area contributed by atoms with Crippen LogP contribution in [0.1, 0.15) is 69.9 Å². The Kier molecular flexibility index (Phi) is 6.31. The third kappa shape index (κ3) is 5.13. The average molecular weight is 395 g/mol. The summed E-state index contributed by atoms with van der Waals surface area (Å²) in [5.41, 5.74) is 6.70. The lowest BCUT2D eigenvalue weighted by Gasteiger charge is -2.42. The van der Waals surface area contributed by atoms with Crippen molar-refractivity contribution >= 4 is 22.6 Å². The number of nitrogens with zero attached hydrogens (tertiary/aromatic N) is 2. The molecule has 3 rings (SSSR count). The van der Waals surface area contributed by atoms with Crippen LogP contribution >= 0.6 is 11.3 Å². The largest absolute Gasteiger partial charge is 0.465 e. The first kappa shape index (κ1) is 20.4. The fourth-order valence-corrected chi connectivity index (χ4v) is 5.70. The van der Waals surface area contributed by atoms with Crippen molar-refractivity contribution in [3.8, 4) is 0 Å². The summed E-state index contributed by atoms with van der Waals surface area (Å²) in [6.07, 6.45) is 7.86. The number of aryl methyl sites for hydroxylation is 1. The Morgan fingerprint density at radius 3 is 2.63 bits per heavy atom. The van der Waals surface area contributed by atoms with E-state index in [4.69, 9.17) is 5.73 Å². The Hall–Kier alpha value is -1.34. The van der Waals surface area contributed by atoms with Crippen LogP contribution in [0.25, 0.3) is 0 Å². The van der Waals surface area contributed by atoms with E-state index in [0.29, 0.717) is 17.1 Å². The average Bonchev–Trinajstić information content (AvgIpc) is 2.94. The predicted octanol–water partition coefficient (Wildman–Crippen LogP) is 3.90. The highest BCUT2D eigenvalue weighted by Gasteiger charge is 2.35. The lowest BCUT2D eigenvalue weighted by molar-refractivity contribution is 0.0497. The Morgan fingerprint density at radius 2 is 2.00 bits per heavy atom. The maximum absolute atomic E-state index is 11.7. The highest BCUT2D eigenvalue weighted by atomic mass is 32.1. The van der Waals surface area contributed by atoms with Crippen molar-refractivity contribution in [3.63, 3.8) is 0 Å². The zero-order chi connectivity index (χ0) is 19.6. The minimum absolute atomic E-state index is 0.167. The molecule has 1 fully saturated rings. The summed E-state index contributed by atoms with van der Waals surface area (Å²) in [4.78, 5) is 19.1. The van der Waals surface area contributed by atoms with Crippen molar-refractivity contribution < 1.29 is 9.90 Å². The van der Waals surface area contributed by atoms with E-state index < -0.39 is 6.09 Å². The molecule has 4 N–H and O–H groups in total. The number of aromatic nitrogens is 1. The molecule has 2 aliphatic carbocycles. The van der Waals surface area contributed by atoms with Crippen LogP contribution in [0.4, 0.5) is 9.93 Å². The molecule has 1 aromatic rings. The van der Waals surface area contributed by atoms with Gasteiger partial charge in [0.15, 0.2) is 5.13 Å². The molecule has 2 aliphatic rings. The minimum Gasteiger partial charge on any atom is -0.465 e. The quantitative estimate of drug-likeness (QED) is 0.704. The van der Waals surface area contributed by atoms with Crippen molar-refractivity contribution in [2.75, 3.05) is 12.3 Å². The van der Waals surface area contributed by atoms with Crippen LogP contribution in [0.15, 0.2) is 0 Å². The predicted molar refractivity (Wildman–Crippen MR) is 110 cm³/mol. The number of nitrogens with two attached hydrogens (primary N) is 1. The molecule has 0 saturated heterocycles. The SMILES string of the molecule is CC(C)(C)N(C(=O)O)C1CCC(CCN[C@H]2CCc3nc(N)sc3C2)CC1. The van der Waals surface area contributed by atoms with E-state index in [1.165, 1.54) is 17.0 Å².